The zero-order chi connectivity index (χ0) is 20.6. The fourth-order valence-corrected chi connectivity index (χ4v) is 3.24. The lowest BCUT2D eigenvalue weighted by Crippen LogP contribution is -2.55. The minimum absolute atomic E-state index is 0.151. The third-order valence-electron chi connectivity index (χ3n) is 4.74. The standard InChI is InChI=1S/C19H20O9/c20-7-11-15(24)17(26)18(27)19(28-11)13-10(22)6-9(21)12(16(13)25)14(23)8-4-2-1-3-5-8/h1-6,11,15,17-22,24-27H,7H2/t11-,15-,17+,18-,19+/m1/s1. The third kappa shape index (κ3) is 3.30. The highest BCUT2D eigenvalue weighted by molar-refractivity contribution is 6.12. The molecule has 9 heteroatoms. The molecule has 1 saturated heterocycles. The molecule has 0 radical (unpaired) electrons. The van der Waals surface area contributed by atoms with Crippen molar-refractivity contribution >= 4 is 5.78 Å². The number of aromatic hydroxyl groups is 3. The number of ketones is 1. The van der Waals surface area contributed by atoms with Crippen LogP contribution in [0, 0.1) is 0 Å². The zero-order valence-corrected chi connectivity index (χ0v) is 14.5. The summed E-state index contributed by atoms with van der Waals surface area (Å²) in [6.07, 6.45) is -8.05. The molecule has 5 atom stereocenters. The van der Waals surface area contributed by atoms with Gasteiger partial charge < -0.3 is 40.5 Å². The Labute approximate surface area is 159 Å². The summed E-state index contributed by atoms with van der Waals surface area (Å²) in [4.78, 5) is 12.7. The first-order valence-electron chi connectivity index (χ1n) is 8.46. The molecule has 2 aromatic carbocycles. The number of phenolic OH excluding ortho intramolecular Hbond substituents is 3. The molecule has 0 unspecified atom stereocenters. The third-order valence-corrected chi connectivity index (χ3v) is 4.74. The highest BCUT2D eigenvalue weighted by Gasteiger charge is 2.46. The Morgan fingerprint density at radius 3 is 2.18 bits per heavy atom. The average Bonchev–Trinajstić information content (AvgIpc) is 2.68. The first-order chi connectivity index (χ1) is 13.3. The summed E-state index contributed by atoms with van der Waals surface area (Å²) in [5, 5.41) is 70.3. The van der Waals surface area contributed by atoms with Gasteiger partial charge in [0.05, 0.1) is 12.2 Å². The number of aliphatic hydroxyl groups excluding tert-OH is 4. The highest BCUT2D eigenvalue weighted by atomic mass is 16.5. The second kappa shape index (κ2) is 7.74. The van der Waals surface area contributed by atoms with E-state index in [1.54, 1.807) is 18.2 Å². The molecule has 28 heavy (non-hydrogen) atoms. The van der Waals surface area contributed by atoms with Crippen LogP contribution in [0.1, 0.15) is 27.6 Å². The van der Waals surface area contributed by atoms with Crippen molar-refractivity contribution in [3.05, 3.63) is 53.1 Å². The topological polar surface area (TPSA) is 168 Å². The zero-order valence-electron chi connectivity index (χ0n) is 14.5. The molecule has 0 saturated carbocycles. The SMILES string of the molecule is O=C(c1ccccc1)c1c(O)cc(O)c([C@@H]2O[C@H](CO)[C@@H](O)[C@H](O)[C@H]2O)c1O. The molecule has 0 aromatic heterocycles. The Morgan fingerprint density at radius 1 is 0.929 bits per heavy atom. The lowest BCUT2D eigenvalue weighted by molar-refractivity contribution is -0.232. The van der Waals surface area contributed by atoms with Gasteiger partial charge in [-0.25, -0.2) is 0 Å². The van der Waals surface area contributed by atoms with Crippen LogP contribution in [-0.4, -0.2) is 72.6 Å². The second-order valence-electron chi connectivity index (χ2n) is 6.50. The quantitative estimate of drug-likeness (QED) is 0.341. The van der Waals surface area contributed by atoms with Crippen molar-refractivity contribution < 1.29 is 45.3 Å². The summed E-state index contributed by atoms with van der Waals surface area (Å²) in [7, 11) is 0. The van der Waals surface area contributed by atoms with Crippen molar-refractivity contribution in [1.29, 1.82) is 0 Å². The van der Waals surface area contributed by atoms with Gasteiger partial charge in [0, 0.05) is 11.6 Å². The molecule has 1 aliphatic rings. The van der Waals surface area contributed by atoms with Crippen LogP contribution in [-0.2, 0) is 4.74 Å². The molecule has 0 bridgehead atoms. The minimum atomic E-state index is -1.79. The van der Waals surface area contributed by atoms with Gasteiger partial charge in [-0.1, -0.05) is 30.3 Å². The van der Waals surface area contributed by atoms with Gasteiger partial charge in [-0.2, -0.15) is 0 Å². The number of benzene rings is 2. The number of aliphatic hydroxyl groups is 4. The Morgan fingerprint density at radius 2 is 1.57 bits per heavy atom. The normalized spacial score (nSPS) is 27.5. The number of hydrogen-bond acceptors (Lipinski definition) is 9. The van der Waals surface area contributed by atoms with Crippen LogP contribution in [0.4, 0.5) is 0 Å². The maximum Gasteiger partial charge on any atom is 0.200 e. The summed E-state index contributed by atoms with van der Waals surface area (Å²) in [5.74, 6) is -3.00. The van der Waals surface area contributed by atoms with Crippen LogP contribution in [0.15, 0.2) is 36.4 Å². The summed E-state index contributed by atoms with van der Waals surface area (Å²) >= 11 is 0. The minimum Gasteiger partial charge on any atom is -0.507 e. The molecular formula is C19H20O9. The van der Waals surface area contributed by atoms with Gasteiger partial charge >= 0.3 is 0 Å². The van der Waals surface area contributed by atoms with E-state index in [1.165, 1.54) is 12.1 Å². The first-order valence-corrected chi connectivity index (χ1v) is 8.46. The van der Waals surface area contributed by atoms with E-state index in [1.807, 2.05) is 0 Å². The Kier molecular flexibility index (Phi) is 5.54. The molecule has 1 fully saturated rings. The predicted molar refractivity (Wildman–Crippen MR) is 94.0 cm³/mol. The maximum atomic E-state index is 12.7. The molecule has 0 aliphatic carbocycles. The van der Waals surface area contributed by atoms with E-state index in [0.717, 1.165) is 6.07 Å². The number of rotatable bonds is 4. The van der Waals surface area contributed by atoms with Gasteiger partial charge in [0.1, 0.15) is 53.3 Å². The Hall–Kier alpha value is -2.69. The summed E-state index contributed by atoms with van der Waals surface area (Å²) in [5.41, 5.74) is -0.844. The van der Waals surface area contributed by atoms with Gasteiger partial charge in [0.25, 0.3) is 0 Å². The number of carbonyl (C=O) groups excluding carboxylic acids is 1. The molecule has 3 rings (SSSR count). The van der Waals surface area contributed by atoms with Crippen LogP contribution < -0.4 is 0 Å². The largest absolute Gasteiger partial charge is 0.507 e. The van der Waals surface area contributed by atoms with Gasteiger partial charge in [-0.15, -0.1) is 0 Å². The summed E-state index contributed by atoms with van der Waals surface area (Å²) in [6, 6.07) is 8.56. The van der Waals surface area contributed by atoms with E-state index in [-0.39, 0.29) is 5.56 Å². The lowest BCUT2D eigenvalue weighted by atomic mass is 9.88. The van der Waals surface area contributed by atoms with Gasteiger partial charge in [0.2, 0.25) is 5.78 Å². The van der Waals surface area contributed by atoms with Crippen LogP contribution >= 0.6 is 0 Å². The second-order valence-corrected chi connectivity index (χ2v) is 6.50. The summed E-state index contributed by atoms with van der Waals surface area (Å²) < 4.78 is 5.34. The van der Waals surface area contributed by atoms with Crippen LogP contribution in [0.5, 0.6) is 17.2 Å². The van der Waals surface area contributed by atoms with Crippen molar-refractivity contribution in [3.8, 4) is 17.2 Å². The van der Waals surface area contributed by atoms with Gasteiger partial charge in [-0.05, 0) is 0 Å². The Bertz CT molecular complexity index is 865. The van der Waals surface area contributed by atoms with Crippen molar-refractivity contribution in [2.24, 2.45) is 0 Å². The van der Waals surface area contributed by atoms with Crippen LogP contribution in [0.25, 0.3) is 0 Å². The van der Waals surface area contributed by atoms with E-state index in [0.29, 0.717) is 0 Å². The van der Waals surface area contributed by atoms with E-state index >= 15 is 0 Å². The van der Waals surface area contributed by atoms with Crippen molar-refractivity contribution in [3.63, 3.8) is 0 Å². The maximum absolute atomic E-state index is 12.7. The molecule has 0 amide bonds. The molecule has 150 valence electrons. The summed E-state index contributed by atoms with van der Waals surface area (Å²) in [6.45, 7) is -0.711. The molecule has 1 heterocycles. The Balaban J connectivity index is 2.11. The average molecular weight is 392 g/mol. The van der Waals surface area contributed by atoms with E-state index in [9.17, 15) is 40.5 Å². The fourth-order valence-electron chi connectivity index (χ4n) is 3.24. The number of ether oxygens (including phenoxy) is 1. The molecule has 7 N–H and O–H groups in total. The predicted octanol–water partition coefficient (Wildman–Crippen LogP) is -0.451. The van der Waals surface area contributed by atoms with E-state index in [4.69, 9.17) is 4.74 Å². The highest BCUT2D eigenvalue weighted by Crippen LogP contribution is 2.46. The number of carbonyl (C=O) groups is 1. The van der Waals surface area contributed by atoms with Crippen LogP contribution in [0.3, 0.4) is 0 Å². The van der Waals surface area contributed by atoms with Gasteiger partial charge in [0.15, 0.2) is 0 Å². The van der Waals surface area contributed by atoms with Crippen molar-refractivity contribution in [2.45, 2.75) is 30.5 Å². The molecule has 9 nitrogen and oxygen atoms in total. The molecule has 1 aliphatic heterocycles. The van der Waals surface area contributed by atoms with E-state index in [2.05, 4.69) is 0 Å². The number of hydrogen-bond donors (Lipinski definition) is 7. The molecule has 0 spiro atoms. The monoisotopic (exact) mass is 392 g/mol. The van der Waals surface area contributed by atoms with Gasteiger partial charge in [-0.3, -0.25) is 4.79 Å². The molecule has 2 aromatic rings. The number of phenols is 3. The fraction of sp³-hybridized carbons (Fsp3) is 0.316. The first kappa shape index (κ1) is 20.1. The molecular weight excluding hydrogens is 372 g/mol. The van der Waals surface area contributed by atoms with Crippen molar-refractivity contribution in [1.82, 2.24) is 0 Å². The van der Waals surface area contributed by atoms with Crippen molar-refractivity contribution in [2.75, 3.05) is 6.61 Å². The van der Waals surface area contributed by atoms with Crippen LogP contribution in [0.2, 0.25) is 0 Å². The lowest BCUT2D eigenvalue weighted by Gasteiger charge is -2.40. The smallest absolute Gasteiger partial charge is 0.200 e. The van der Waals surface area contributed by atoms with E-state index < -0.39 is 71.3 Å².